The van der Waals surface area contributed by atoms with Gasteiger partial charge in [-0.05, 0) is 36.2 Å². The maximum absolute atomic E-state index is 5.12. The smallest absolute Gasteiger partial charge is 0.288 e. The molecule has 0 aliphatic carbocycles. The second-order valence-corrected chi connectivity index (χ2v) is 4.61. The standard InChI is InChI=1S/C15H21N4O.BrH/c1-3-4-5-10-18-13-19(12-17-18)16-11-14-6-8-15(20-2)9-7-14;/h6-9,11-13H,3-5,10H2,1-2H3;1H/q+1;/p-1. The average Bonchev–Trinajstić information content (AvgIpc) is 2.94. The van der Waals surface area contributed by atoms with E-state index in [2.05, 4.69) is 17.1 Å². The van der Waals surface area contributed by atoms with Crippen molar-refractivity contribution in [3.63, 3.8) is 0 Å². The van der Waals surface area contributed by atoms with Crippen molar-refractivity contribution >= 4 is 6.21 Å². The molecule has 0 spiro atoms. The summed E-state index contributed by atoms with van der Waals surface area (Å²) >= 11 is 0. The van der Waals surface area contributed by atoms with Crippen LogP contribution in [0.5, 0.6) is 5.75 Å². The minimum Gasteiger partial charge on any atom is -1.00 e. The molecule has 1 aromatic heterocycles. The van der Waals surface area contributed by atoms with E-state index in [0.29, 0.717) is 0 Å². The fourth-order valence-electron chi connectivity index (χ4n) is 1.84. The first-order valence-electron chi connectivity index (χ1n) is 6.94. The second-order valence-electron chi connectivity index (χ2n) is 4.61. The number of benzene rings is 1. The largest absolute Gasteiger partial charge is 1.00 e. The molecule has 0 fully saturated rings. The van der Waals surface area contributed by atoms with Crippen LogP contribution in [0.1, 0.15) is 31.7 Å². The molecule has 0 N–H and O–H groups in total. The van der Waals surface area contributed by atoms with Crippen LogP contribution in [0.25, 0.3) is 0 Å². The third-order valence-corrected chi connectivity index (χ3v) is 3.02. The summed E-state index contributed by atoms with van der Waals surface area (Å²) in [6.07, 6.45) is 9.02. The average molecular weight is 353 g/mol. The van der Waals surface area contributed by atoms with Crippen LogP contribution >= 0.6 is 0 Å². The van der Waals surface area contributed by atoms with Gasteiger partial charge in [0.2, 0.25) is 6.33 Å². The fourth-order valence-corrected chi connectivity index (χ4v) is 1.84. The Labute approximate surface area is 136 Å². The third-order valence-electron chi connectivity index (χ3n) is 3.02. The van der Waals surface area contributed by atoms with Crippen molar-refractivity contribution in [2.24, 2.45) is 5.10 Å². The van der Waals surface area contributed by atoms with Crippen LogP contribution in [0.2, 0.25) is 0 Å². The molecule has 0 unspecified atom stereocenters. The molecule has 1 heterocycles. The quantitative estimate of drug-likeness (QED) is 0.374. The lowest BCUT2D eigenvalue weighted by molar-refractivity contribution is -0.679. The molecule has 0 atom stereocenters. The van der Waals surface area contributed by atoms with Gasteiger partial charge in [-0.25, -0.2) is 0 Å². The highest BCUT2D eigenvalue weighted by Gasteiger charge is 2.03. The summed E-state index contributed by atoms with van der Waals surface area (Å²) < 4.78 is 8.76. The Hall–Kier alpha value is -1.69. The zero-order valence-electron chi connectivity index (χ0n) is 12.4. The number of rotatable bonds is 7. The lowest BCUT2D eigenvalue weighted by Crippen LogP contribution is -3.00. The van der Waals surface area contributed by atoms with Crippen molar-refractivity contribution in [1.29, 1.82) is 0 Å². The van der Waals surface area contributed by atoms with E-state index in [1.54, 1.807) is 24.3 Å². The van der Waals surface area contributed by atoms with E-state index in [0.717, 1.165) is 24.3 Å². The summed E-state index contributed by atoms with van der Waals surface area (Å²) in [6, 6.07) is 7.77. The molecule has 114 valence electrons. The number of aryl methyl sites for hydroxylation is 1. The van der Waals surface area contributed by atoms with Gasteiger partial charge in [0.1, 0.15) is 12.3 Å². The van der Waals surface area contributed by atoms with Crippen LogP contribution < -0.4 is 26.4 Å². The number of unbranched alkanes of at least 4 members (excludes halogenated alkanes) is 2. The Morgan fingerprint density at radius 2 is 2.05 bits per heavy atom. The van der Waals surface area contributed by atoms with Crippen molar-refractivity contribution in [2.45, 2.75) is 32.7 Å². The first kappa shape index (κ1) is 17.4. The van der Waals surface area contributed by atoms with E-state index in [4.69, 9.17) is 4.74 Å². The molecular weight excluding hydrogens is 332 g/mol. The number of methoxy groups -OCH3 is 1. The van der Waals surface area contributed by atoms with Gasteiger partial charge in [0.25, 0.3) is 6.33 Å². The Morgan fingerprint density at radius 3 is 2.71 bits per heavy atom. The van der Waals surface area contributed by atoms with Crippen LogP contribution in [0.4, 0.5) is 0 Å². The Kier molecular flexibility index (Phi) is 7.68. The van der Waals surface area contributed by atoms with E-state index in [1.165, 1.54) is 12.8 Å². The van der Waals surface area contributed by atoms with Gasteiger partial charge < -0.3 is 21.7 Å². The van der Waals surface area contributed by atoms with Crippen LogP contribution in [0.3, 0.4) is 0 Å². The van der Waals surface area contributed by atoms with Crippen molar-refractivity contribution in [1.82, 2.24) is 9.78 Å². The van der Waals surface area contributed by atoms with Crippen LogP contribution in [-0.4, -0.2) is 23.1 Å². The normalized spacial score (nSPS) is 10.6. The molecule has 0 amide bonds. The molecule has 2 rings (SSSR count). The van der Waals surface area contributed by atoms with Crippen LogP contribution in [0.15, 0.2) is 42.0 Å². The Bertz CT molecular complexity index is 551. The summed E-state index contributed by atoms with van der Waals surface area (Å²) in [6.45, 7) is 3.14. The van der Waals surface area contributed by atoms with E-state index < -0.39 is 0 Å². The van der Waals surface area contributed by atoms with Gasteiger partial charge in [0.05, 0.1) is 13.3 Å². The molecule has 0 bridgehead atoms. The molecule has 0 saturated heterocycles. The molecule has 21 heavy (non-hydrogen) atoms. The number of aromatic nitrogens is 3. The molecule has 5 nitrogen and oxygen atoms in total. The maximum Gasteiger partial charge on any atom is 0.288 e. The number of nitrogens with zero attached hydrogens (tertiary/aromatic N) is 4. The van der Waals surface area contributed by atoms with Gasteiger partial charge in [-0.2, -0.15) is 0 Å². The summed E-state index contributed by atoms with van der Waals surface area (Å²) in [5.74, 6) is 0.846. The molecule has 0 aliphatic heterocycles. The van der Waals surface area contributed by atoms with Gasteiger partial charge in [-0.3, -0.25) is 0 Å². The van der Waals surface area contributed by atoms with E-state index in [-0.39, 0.29) is 17.0 Å². The number of hydrogen-bond acceptors (Lipinski definition) is 3. The predicted octanol–water partition coefficient (Wildman–Crippen LogP) is -0.744. The molecular formula is C15H21BrN4O. The predicted molar refractivity (Wildman–Crippen MR) is 77.9 cm³/mol. The minimum atomic E-state index is 0. The first-order valence-corrected chi connectivity index (χ1v) is 6.94. The zero-order valence-corrected chi connectivity index (χ0v) is 14.0. The van der Waals surface area contributed by atoms with E-state index >= 15 is 0 Å². The van der Waals surface area contributed by atoms with E-state index in [9.17, 15) is 0 Å². The highest BCUT2D eigenvalue weighted by atomic mass is 79.9. The summed E-state index contributed by atoms with van der Waals surface area (Å²) in [4.78, 5) is 0. The van der Waals surface area contributed by atoms with Gasteiger partial charge in [-0.1, -0.05) is 19.8 Å². The number of hydrogen-bond donors (Lipinski definition) is 0. The summed E-state index contributed by atoms with van der Waals surface area (Å²) in [5.41, 5.74) is 1.03. The molecule has 0 aliphatic rings. The lowest BCUT2D eigenvalue weighted by atomic mass is 10.2. The summed E-state index contributed by atoms with van der Waals surface area (Å²) in [5, 5.41) is 8.62. The van der Waals surface area contributed by atoms with Crippen molar-refractivity contribution in [3.8, 4) is 5.75 Å². The molecule has 1 aromatic carbocycles. The molecule has 0 radical (unpaired) electrons. The Morgan fingerprint density at radius 1 is 1.29 bits per heavy atom. The SMILES string of the molecule is CCCCCn1c[n+](N=Cc2ccc(OC)cc2)cn1.[Br-]. The molecule has 6 heteroatoms. The first-order chi connectivity index (χ1) is 9.81. The Balaban J connectivity index is 0.00000220. The second kappa shape index (κ2) is 9.28. The number of ether oxygens (including phenoxy) is 1. The summed E-state index contributed by atoms with van der Waals surface area (Å²) in [7, 11) is 1.66. The van der Waals surface area contributed by atoms with Gasteiger partial charge >= 0.3 is 0 Å². The van der Waals surface area contributed by atoms with Gasteiger partial charge in [0.15, 0.2) is 0 Å². The van der Waals surface area contributed by atoms with Crippen molar-refractivity contribution < 1.29 is 26.4 Å². The van der Waals surface area contributed by atoms with Crippen LogP contribution in [-0.2, 0) is 6.54 Å². The van der Waals surface area contributed by atoms with E-state index in [1.807, 2.05) is 35.3 Å². The highest BCUT2D eigenvalue weighted by molar-refractivity contribution is 5.79. The fraction of sp³-hybridized carbons (Fsp3) is 0.400. The topological polar surface area (TPSA) is 43.3 Å². The van der Waals surface area contributed by atoms with Crippen molar-refractivity contribution in [3.05, 3.63) is 42.5 Å². The lowest BCUT2D eigenvalue weighted by Gasteiger charge is -1.97. The monoisotopic (exact) mass is 352 g/mol. The maximum atomic E-state index is 5.12. The van der Waals surface area contributed by atoms with Crippen molar-refractivity contribution in [2.75, 3.05) is 7.11 Å². The van der Waals surface area contributed by atoms with Gasteiger partial charge in [-0.15, -0.1) is 14.5 Å². The molecule has 2 aromatic rings. The van der Waals surface area contributed by atoms with Crippen LogP contribution in [0, 0.1) is 0 Å². The third kappa shape index (κ3) is 5.67. The van der Waals surface area contributed by atoms with Gasteiger partial charge in [0, 0.05) is 5.10 Å². The zero-order chi connectivity index (χ0) is 14.2. The highest BCUT2D eigenvalue weighted by Crippen LogP contribution is 2.09. The minimum absolute atomic E-state index is 0. The number of halogens is 1. The molecule has 0 saturated carbocycles.